The lowest BCUT2D eigenvalue weighted by Gasteiger charge is -2.28. The molecule has 1 aliphatic carbocycles. The van der Waals surface area contributed by atoms with Gasteiger partial charge in [0.2, 0.25) is 0 Å². The predicted molar refractivity (Wildman–Crippen MR) is 96.9 cm³/mol. The first-order chi connectivity index (χ1) is 11.0. The van der Waals surface area contributed by atoms with Crippen LogP contribution >= 0.6 is 11.8 Å². The van der Waals surface area contributed by atoms with Crippen molar-refractivity contribution in [3.05, 3.63) is 12.7 Å². The SMILES string of the molecule is C=CCO/N=C(\CCC)C1C(=O)CC(C[C@@H](C)SCC)CC1=O. The highest BCUT2D eigenvalue weighted by Gasteiger charge is 2.38. The highest BCUT2D eigenvalue weighted by molar-refractivity contribution is 7.99. The van der Waals surface area contributed by atoms with Crippen LogP contribution < -0.4 is 0 Å². The van der Waals surface area contributed by atoms with Gasteiger partial charge in [0, 0.05) is 18.1 Å². The number of ketones is 2. The van der Waals surface area contributed by atoms with E-state index in [1.54, 1.807) is 6.08 Å². The monoisotopic (exact) mass is 339 g/mol. The van der Waals surface area contributed by atoms with Crippen molar-refractivity contribution in [2.75, 3.05) is 12.4 Å². The quantitative estimate of drug-likeness (QED) is 0.198. The van der Waals surface area contributed by atoms with E-state index in [0.29, 0.717) is 30.2 Å². The Bertz CT molecular complexity index is 430. The van der Waals surface area contributed by atoms with Gasteiger partial charge in [-0.05, 0) is 24.5 Å². The number of Topliss-reactive ketones (excluding diaryl/α,β-unsaturated/α-hetero) is 2. The van der Waals surface area contributed by atoms with Gasteiger partial charge in [0.05, 0.1) is 5.71 Å². The van der Waals surface area contributed by atoms with Crippen molar-refractivity contribution < 1.29 is 14.4 Å². The summed E-state index contributed by atoms with van der Waals surface area (Å²) in [5.41, 5.74) is 0.582. The van der Waals surface area contributed by atoms with Crippen molar-refractivity contribution in [2.24, 2.45) is 17.0 Å². The average Bonchev–Trinajstić information content (AvgIpc) is 2.47. The zero-order valence-corrected chi connectivity index (χ0v) is 15.4. The van der Waals surface area contributed by atoms with E-state index in [2.05, 4.69) is 25.6 Å². The fourth-order valence-corrected chi connectivity index (χ4v) is 4.07. The molecular weight excluding hydrogens is 310 g/mol. The number of carbonyl (C=O) groups excluding carboxylic acids is 2. The minimum absolute atomic E-state index is 0.00866. The van der Waals surface area contributed by atoms with Gasteiger partial charge >= 0.3 is 0 Å². The lowest BCUT2D eigenvalue weighted by molar-refractivity contribution is -0.134. The Labute approximate surface area is 144 Å². The van der Waals surface area contributed by atoms with Crippen LogP contribution in [0.4, 0.5) is 0 Å². The molecule has 0 radical (unpaired) electrons. The highest BCUT2D eigenvalue weighted by atomic mass is 32.2. The number of hydrogen-bond acceptors (Lipinski definition) is 5. The fraction of sp³-hybridized carbons (Fsp3) is 0.722. The molecule has 5 heteroatoms. The number of oxime groups is 1. The van der Waals surface area contributed by atoms with Crippen molar-refractivity contribution in [3.8, 4) is 0 Å². The van der Waals surface area contributed by atoms with Crippen LogP contribution in [-0.2, 0) is 14.4 Å². The van der Waals surface area contributed by atoms with Crippen LogP contribution in [0.2, 0.25) is 0 Å². The molecule has 1 atom stereocenters. The Morgan fingerprint density at radius 3 is 2.57 bits per heavy atom. The maximum absolute atomic E-state index is 12.5. The summed E-state index contributed by atoms with van der Waals surface area (Å²) >= 11 is 1.88. The molecular formula is C18H29NO3S. The van der Waals surface area contributed by atoms with E-state index in [0.717, 1.165) is 18.6 Å². The molecule has 1 aliphatic rings. The maximum Gasteiger partial charge on any atom is 0.149 e. The Morgan fingerprint density at radius 1 is 1.39 bits per heavy atom. The van der Waals surface area contributed by atoms with Crippen molar-refractivity contribution in [2.45, 2.75) is 58.1 Å². The van der Waals surface area contributed by atoms with Gasteiger partial charge in [0.25, 0.3) is 0 Å². The van der Waals surface area contributed by atoms with Crippen LogP contribution in [0, 0.1) is 11.8 Å². The Kier molecular flexibility index (Phi) is 9.22. The second-order valence-electron chi connectivity index (χ2n) is 6.06. The molecule has 130 valence electrons. The van der Waals surface area contributed by atoms with E-state index in [4.69, 9.17) is 4.84 Å². The van der Waals surface area contributed by atoms with Crippen LogP contribution in [0.15, 0.2) is 17.8 Å². The van der Waals surface area contributed by atoms with Gasteiger partial charge in [-0.2, -0.15) is 11.8 Å². The summed E-state index contributed by atoms with van der Waals surface area (Å²) in [6, 6.07) is 0. The zero-order valence-electron chi connectivity index (χ0n) is 14.5. The number of thioether (sulfide) groups is 1. The molecule has 0 aromatic rings. The Hall–Kier alpha value is -1.10. The van der Waals surface area contributed by atoms with Gasteiger partial charge in [-0.1, -0.05) is 45.0 Å². The third-order valence-corrected chi connectivity index (χ3v) is 5.05. The minimum atomic E-state index is -0.690. The highest BCUT2D eigenvalue weighted by Crippen LogP contribution is 2.31. The van der Waals surface area contributed by atoms with Gasteiger partial charge in [-0.3, -0.25) is 9.59 Å². The normalized spacial score (nSPS) is 23.7. The van der Waals surface area contributed by atoms with Gasteiger partial charge in [-0.25, -0.2) is 0 Å². The lowest BCUT2D eigenvalue weighted by Crippen LogP contribution is -2.39. The van der Waals surface area contributed by atoms with Gasteiger partial charge < -0.3 is 4.84 Å². The number of nitrogens with zero attached hydrogens (tertiary/aromatic N) is 1. The standard InChI is InChI=1S/C18H29NO3S/c1-5-8-15(19-22-9-6-2)18-16(20)11-14(12-17(18)21)10-13(4)23-7-3/h6,13-14,18H,2,5,7-12H2,1,3-4H3/b19-15+/t13-,14?,18?/m1/s1. The summed E-state index contributed by atoms with van der Waals surface area (Å²) < 4.78 is 0. The second kappa shape index (κ2) is 10.6. The molecule has 0 unspecified atom stereocenters. The topological polar surface area (TPSA) is 55.7 Å². The number of carbonyl (C=O) groups is 2. The third kappa shape index (κ3) is 6.50. The molecule has 0 N–H and O–H groups in total. The van der Waals surface area contributed by atoms with Crippen molar-refractivity contribution in [1.29, 1.82) is 0 Å². The first kappa shape index (κ1) is 19.9. The molecule has 0 heterocycles. The zero-order chi connectivity index (χ0) is 17.2. The van der Waals surface area contributed by atoms with E-state index in [1.165, 1.54) is 0 Å². The van der Waals surface area contributed by atoms with Crippen LogP contribution in [0.3, 0.4) is 0 Å². The Morgan fingerprint density at radius 2 is 2.04 bits per heavy atom. The van der Waals surface area contributed by atoms with Gasteiger partial charge in [0.15, 0.2) is 0 Å². The smallest absolute Gasteiger partial charge is 0.149 e. The van der Waals surface area contributed by atoms with Gasteiger partial charge in [-0.15, -0.1) is 0 Å². The molecule has 0 aromatic carbocycles. The van der Waals surface area contributed by atoms with Crippen LogP contribution in [0.25, 0.3) is 0 Å². The average molecular weight is 340 g/mol. The molecule has 0 spiro atoms. The number of hydrogen-bond donors (Lipinski definition) is 0. The Balaban J connectivity index is 2.74. The van der Waals surface area contributed by atoms with E-state index >= 15 is 0 Å². The van der Waals surface area contributed by atoms with E-state index in [9.17, 15) is 9.59 Å². The molecule has 0 aliphatic heterocycles. The first-order valence-corrected chi connectivity index (χ1v) is 9.54. The largest absolute Gasteiger partial charge is 0.392 e. The molecule has 23 heavy (non-hydrogen) atoms. The van der Waals surface area contributed by atoms with Crippen LogP contribution in [0.1, 0.15) is 52.9 Å². The third-order valence-electron chi connectivity index (χ3n) is 3.95. The predicted octanol–water partition coefficient (Wildman–Crippen LogP) is 4.04. The maximum atomic E-state index is 12.5. The van der Waals surface area contributed by atoms with Gasteiger partial charge in [0.1, 0.15) is 24.1 Å². The van der Waals surface area contributed by atoms with E-state index in [-0.39, 0.29) is 24.1 Å². The molecule has 1 rings (SSSR count). The summed E-state index contributed by atoms with van der Waals surface area (Å²) in [4.78, 5) is 30.2. The summed E-state index contributed by atoms with van der Waals surface area (Å²) in [6.07, 6.45) is 4.94. The second-order valence-corrected chi connectivity index (χ2v) is 7.77. The van der Waals surface area contributed by atoms with Crippen LogP contribution in [0.5, 0.6) is 0 Å². The molecule has 0 saturated heterocycles. The number of rotatable bonds is 10. The summed E-state index contributed by atoms with van der Waals surface area (Å²) in [6.45, 7) is 10.2. The summed E-state index contributed by atoms with van der Waals surface area (Å²) in [7, 11) is 0. The van der Waals surface area contributed by atoms with Crippen molar-refractivity contribution in [3.63, 3.8) is 0 Å². The molecule has 1 saturated carbocycles. The summed E-state index contributed by atoms with van der Waals surface area (Å²) in [5, 5.41) is 4.53. The molecule has 1 fully saturated rings. The van der Waals surface area contributed by atoms with Crippen molar-refractivity contribution >= 4 is 29.0 Å². The minimum Gasteiger partial charge on any atom is -0.392 e. The van der Waals surface area contributed by atoms with E-state index < -0.39 is 5.92 Å². The molecule has 0 amide bonds. The fourth-order valence-electron chi connectivity index (χ4n) is 3.09. The first-order valence-electron chi connectivity index (χ1n) is 8.50. The molecule has 0 bridgehead atoms. The summed E-state index contributed by atoms with van der Waals surface area (Å²) in [5.74, 6) is 0.568. The molecule has 4 nitrogen and oxygen atoms in total. The van der Waals surface area contributed by atoms with E-state index in [1.807, 2.05) is 18.7 Å². The molecule has 0 aromatic heterocycles. The lowest BCUT2D eigenvalue weighted by atomic mass is 9.75. The van der Waals surface area contributed by atoms with Crippen molar-refractivity contribution in [1.82, 2.24) is 0 Å². The van der Waals surface area contributed by atoms with Crippen LogP contribution in [-0.4, -0.2) is 34.9 Å².